The Morgan fingerprint density at radius 1 is 1.62 bits per heavy atom. The molecule has 0 aromatic heterocycles. The summed E-state index contributed by atoms with van der Waals surface area (Å²) in [5.41, 5.74) is 2.98. The summed E-state index contributed by atoms with van der Waals surface area (Å²) in [6, 6.07) is 0. The molecule has 2 nitrogen and oxygen atoms in total. The molecule has 0 aromatic rings. The average molecular weight is 177 g/mol. The van der Waals surface area contributed by atoms with Crippen LogP contribution in [-0.2, 0) is 0 Å². The third-order valence-electron chi connectivity index (χ3n) is 0.550. The van der Waals surface area contributed by atoms with Crippen molar-refractivity contribution in [2.45, 2.75) is 0 Å². The van der Waals surface area contributed by atoms with Gasteiger partial charge in [0.15, 0.2) is 0 Å². The van der Waals surface area contributed by atoms with Crippen LogP contribution < -0.4 is 5.43 Å². The average Bonchev–Trinajstić information content (AvgIpc) is 1.66. The zero-order valence-electron chi connectivity index (χ0n) is 5.03. The second kappa shape index (κ2) is 5.10. The topological polar surface area (TPSA) is 15.3 Å². The maximum Gasteiger partial charge on any atom is 0.0723 e. The first-order valence-corrected chi connectivity index (χ1v) is 3.06. The second-order valence-electron chi connectivity index (χ2n) is 1.50. The summed E-state index contributed by atoms with van der Waals surface area (Å²) in [6.45, 7) is 0.693. The Labute approximate surface area is 58.3 Å². The lowest BCUT2D eigenvalue weighted by molar-refractivity contribution is 0.309. The molecule has 0 saturated heterocycles. The highest BCUT2D eigenvalue weighted by Gasteiger charge is 1.79. The van der Waals surface area contributed by atoms with E-state index in [2.05, 4.69) is 32.1 Å². The monoisotopic (exact) mass is 176 g/mol. The molecule has 0 saturated carbocycles. The minimum Gasteiger partial charge on any atom is -0.250 e. The third-order valence-corrected chi connectivity index (χ3v) is 0.831. The van der Waals surface area contributed by atoms with Crippen LogP contribution in [0.4, 0.5) is 0 Å². The molecular formula is C5H9BrN2. The zero-order chi connectivity index (χ0) is 6.41. The molecule has 0 fully saturated rings. The fourth-order valence-electron chi connectivity index (χ4n) is 0.231. The molecule has 0 radical (unpaired) electrons. The van der Waals surface area contributed by atoms with E-state index in [1.54, 1.807) is 0 Å². The number of nitrogens with one attached hydrogen (secondary N) is 1. The normalized spacial score (nSPS) is 8.50. The maximum absolute atomic E-state index is 2.98. The Hall–Kier alpha value is -0.0400. The van der Waals surface area contributed by atoms with Gasteiger partial charge in [0.2, 0.25) is 0 Å². The molecule has 0 aromatic carbocycles. The van der Waals surface area contributed by atoms with Crippen LogP contribution in [0.15, 0.2) is 0 Å². The lowest BCUT2D eigenvalue weighted by Gasteiger charge is -2.06. The smallest absolute Gasteiger partial charge is 0.0723 e. The number of hydrogen-bond donors (Lipinski definition) is 1. The highest BCUT2D eigenvalue weighted by Crippen LogP contribution is 1.67. The summed E-state index contributed by atoms with van der Waals surface area (Å²) in [5.74, 6) is 2.79. The van der Waals surface area contributed by atoms with E-state index in [1.807, 2.05) is 19.1 Å². The standard InChI is InChI=1S/C5H9BrN2/c1-8(2)7-5-3-4-6/h7H,5H2,1-2H3. The Morgan fingerprint density at radius 3 is 2.62 bits per heavy atom. The Balaban J connectivity index is 3.01. The van der Waals surface area contributed by atoms with Gasteiger partial charge in [0.1, 0.15) is 0 Å². The van der Waals surface area contributed by atoms with Gasteiger partial charge >= 0.3 is 0 Å². The van der Waals surface area contributed by atoms with Crippen LogP contribution in [0.5, 0.6) is 0 Å². The van der Waals surface area contributed by atoms with Crippen LogP contribution in [0.25, 0.3) is 0 Å². The Morgan fingerprint density at radius 2 is 2.25 bits per heavy atom. The van der Waals surface area contributed by atoms with E-state index in [0.29, 0.717) is 6.54 Å². The van der Waals surface area contributed by atoms with Crippen molar-refractivity contribution in [3.8, 4) is 10.8 Å². The molecule has 0 bridgehead atoms. The largest absolute Gasteiger partial charge is 0.250 e. The van der Waals surface area contributed by atoms with Gasteiger partial charge in [0.05, 0.1) is 6.54 Å². The van der Waals surface area contributed by atoms with Gasteiger partial charge in [-0.2, -0.15) is 0 Å². The number of hydrazine groups is 1. The molecule has 0 spiro atoms. The van der Waals surface area contributed by atoms with Gasteiger partial charge in [0, 0.05) is 30.0 Å². The van der Waals surface area contributed by atoms with Crippen LogP contribution in [0, 0.1) is 10.8 Å². The van der Waals surface area contributed by atoms with Crippen molar-refractivity contribution in [1.29, 1.82) is 0 Å². The van der Waals surface area contributed by atoms with E-state index in [4.69, 9.17) is 0 Å². The van der Waals surface area contributed by atoms with Crippen LogP contribution >= 0.6 is 15.9 Å². The number of halogens is 1. The summed E-state index contributed by atoms with van der Waals surface area (Å²) in [5, 5.41) is 1.86. The van der Waals surface area contributed by atoms with Crippen molar-refractivity contribution < 1.29 is 0 Å². The molecule has 8 heavy (non-hydrogen) atoms. The van der Waals surface area contributed by atoms with E-state index in [-0.39, 0.29) is 0 Å². The van der Waals surface area contributed by atoms with E-state index < -0.39 is 0 Å². The lowest BCUT2D eigenvalue weighted by atomic mass is 10.7. The van der Waals surface area contributed by atoms with E-state index in [9.17, 15) is 0 Å². The second-order valence-corrected chi connectivity index (χ2v) is 1.90. The third kappa shape index (κ3) is 5.96. The number of rotatable bonds is 2. The highest BCUT2D eigenvalue weighted by molar-refractivity contribution is 9.12. The molecule has 1 N–H and O–H groups in total. The van der Waals surface area contributed by atoms with Crippen LogP contribution in [0.1, 0.15) is 0 Å². The van der Waals surface area contributed by atoms with Crippen molar-refractivity contribution in [2.24, 2.45) is 0 Å². The van der Waals surface area contributed by atoms with Crippen molar-refractivity contribution in [2.75, 3.05) is 20.6 Å². The predicted molar refractivity (Wildman–Crippen MR) is 38.4 cm³/mol. The number of hydrogen-bond acceptors (Lipinski definition) is 2. The fraction of sp³-hybridized carbons (Fsp3) is 0.600. The van der Waals surface area contributed by atoms with Gasteiger partial charge in [-0.3, -0.25) is 0 Å². The van der Waals surface area contributed by atoms with Crippen molar-refractivity contribution in [1.82, 2.24) is 10.4 Å². The number of nitrogens with zero attached hydrogens (tertiary/aromatic N) is 1. The first-order chi connectivity index (χ1) is 3.77. The molecule has 0 aliphatic rings. The van der Waals surface area contributed by atoms with Gasteiger partial charge in [-0.15, -0.1) is 0 Å². The molecule has 0 heterocycles. The quantitative estimate of drug-likeness (QED) is 0.485. The van der Waals surface area contributed by atoms with Crippen molar-refractivity contribution in [3.63, 3.8) is 0 Å². The van der Waals surface area contributed by atoms with Gasteiger partial charge in [-0.1, -0.05) is 5.92 Å². The minimum atomic E-state index is 0.693. The van der Waals surface area contributed by atoms with Gasteiger partial charge in [0.25, 0.3) is 0 Å². The first kappa shape index (κ1) is 7.96. The van der Waals surface area contributed by atoms with Crippen molar-refractivity contribution >= 4 is 15.9 Å². The van der Waals surface area contributed by atoms with Crippen LogP contribution in [0.2, 0.25) is 0 Å². The molecule has 3 heteroatoms. The summed E-state index contributed by atoms with van der Waals surface area (Å²) in [7, 11) is 3.85. The maximum atomic E-state index is 2.98. The summed E-state index contributed by atoms with van der Waals surface area (Å²) in [6.07, 6.45) is 0. The van der Waals surface area contributed by atoms with Gasteiger partial charge in [-0.05, 0) is 4.83 Å². The molecule has 46 valence electrons. The fourth-order valence-corrected chi connectivity index (χ4v) is 0.371. The molecule has 0 aliphatic carbocycles. The predicted octanol–water partition coefficient (Wildman–Crippen LogP) is 0.408. The van der Waals surface area contributed by atoms with Crippen LogP contribution in [0.3, 0.4) is 0 Å². The Kier molecular flexibility index (Phi) is 5.08. The summed E-state index contributed by atoms with van der Waals surface area (Å²) < 4.78 is 0. The molecule has 0 aliphatic heterocycles. The van der Waals surface area contributed by atoms with E-state index in [1.165, 1.54) is 0 Å². The minimum absolute atomic E-state index is 0.693. The first-order valence-electron chi connectivity index (χ1n) is 2.26. The molecule has 0 unspecified atom stereocenters. The SMILES string of the molecule is CN(C)NCC#CBr. The molecular weight excluding hydrogens is 168 g/mol. The van der Waals surface area contributed by atoms with Crippen molar-refractivity contribution in [3.05, 3.63) is 0 Å². The lowest BCUT2D eigenvalue weighted by Crippen LogP contribution is -2.30. The summed E-state index contributed by atoms with van der Waals surface area (Å²) in [4.78, 5) is 2.60. The molecule has 0 atom stereocenters. The zero-order valence-corrected chi connectivity index (χ0v) is 6.62. The van der Waals surface area contributed by atoms with E-state index >= 15 is 0 Å². The molecule has 0 rings (SSSR count). The van der Waals surface area contributed by atoms with Gasteiger partial charge in [-0.25, -0.2) is 10.4 Å². The van der Waals surface area contributed by atoms with Gasteiger partial charge < -0.3 is 0 Å². The van der Waals surface area contributed by atoms with Crippen LogP contribution in [-0.4, -0.2) is 25.6 Å². The highest BCUT2D eigenvalue weighted by atomic mass is 79.9. The molecule has 0 amide bonds. The van der Waals surface area contributed by atoms with E-state index in [0.717, 1.165) is 0 Å². The summed E-state index contributed by atoms with van der Waals surface area (Å²) >= 11 is 2.98. The Bertz CT molecular complexity index is 101.